The third kappa shape index (κ3) is 10.1. The zero-order valence-corrected chi connectivity index (χ0v) is 23.0. The zero-order valence-electron chi connectivity index (χ0n) is 23.0. The van der Waals surface area contributed by atoms with E-state index in [1.165, 1.54) is 4.90 Å². The van der Waals surface area contributed by atoms with E-state index in [1.54, 1.807) is 0 Å². The van der Waals surface area contributed by atoms with E-state index < -0.39 is 46.7 Å². The minimum absolute atomic E-state index is 0.0448. The monoisotopic (exact) mass is 507 g/mol. The molecule has 36 heavy (non-hydrogen) atoms. The van der Waals surface area contributed by atoms with Gasteiger partial charge in [-0.25, -0.2) is 4.79 Å². The zero-order chi connectivity index (χ0) is 27.3. The first-order valence-electron chi connectivity index (χ1n) is 13.1. The van der Waals surface area contributed by atoms with Gasteiger partial charge in [0.25, 0.3) is 5.91 Å². The molecule has 204 valence electrons. The molecular weight excluding hydrogens is 462 g/mol. The highest BCUT2D eigenvalue weighted by molar-refractivity contribution is 6.38. The van der Waals surface area contributed by atoms with Gasteiger partial charge in [0.05, 0.1) is 12.6 Å². The second-order valence-electron chi connectivity index (χ2n) is 12.3. The Morgan fingerprint density at radius 1 is 0.917 bits per heavy atom. The number of ketones is 1. The van der Waals surface area contributed by atoms with Crippen LogP contribution in [0.1, 0.15) is 87.0 Å². The summed E-state index contributed by atoms with van der Waals surface area (Å²) in [5.74, 6) is -1.88. The molecule has 0 aliphatic heterocycles. The van der Waals surface area contributed by atoms with Gasteiger partial charge in [-0.15, -0.1) is 0 Å². The predicted molar refractivity (Wildman–Crippen MR) is 137 cm³/mol. The lowest BCUT2D eigenvalue weighted by Crippen LogP contribution is -2.60. The van der Waals surface area contributed by atoms with E-state index in [0.717, 1.165) is 25.7 Å². The van der Waals surface area contributed by atoms with Crippen LogP contribution in [-0.2, 0) is 19.2 Å². The number of nitrogens with zero attached hydrogens (tertiary/aromatic N) is 1. The summed E-state index contributed by atoms with van der Waals surface area (Å²) in [4.78, 5) is 65.6. The van der Waals surface area contributed by atoms with Crippen LogP contribution in [0.2, 0.25) is 0 Å². The van der Waals surface area contributed by atoms with Gasteiger partial charge >= 0.3 is 6.03 Å². The Bertz CT molecular complexity index is 837. The number of Topliss-reactive ketones (excluding diaryl/α,β-unsaturated/α-hetero) is 1. The number of urea groups is 1. The lowest BCUT2D eigenvalue weighted by Gasteiger charge is -2.35. The summed E-state index contributed by atoms with van der Waals surface area (Å²) in [6, 6.07) is -2.21. The number of carbonyl (C=O) groups excluding carboxylic acids is 5. The average Bonchev–Trinajstić information content (AvgIpc) is 3.65. The van der Waals surface area contributed by atoms with Crippen LogP contribution in [0.25, 0.3) is 0 Å². The van der Waals surface area contributed by atoms with E-state index in [1.807, 2.05) is 48.5 Å². The molecule has 2 rings (SSSR count). The predicted octanol–water partition coefficient (Wildman–Crippen LogP) is 1.87. The molecule has 0 aromatic carbocycles. The molecule has 0 aromatic heterocycles. The maximum absolute atomic E-state index is 13.6. The van der Waals surface area contributed by atoms with E-state index in [4.69, 9.17) is 0 Å². The molecule has 0 heterocycles. The van der Waals surface area contributed by atoms with Gasteiger partial charge in [-0.05, 0) is 64.2 Å². The molecule has 0 radical (unpaired) electrons. The minimum atomic E-state index is -0.937. The van der Waals surface area contributed by atoms with Gasteiger partial charge in [-0.1, -0.05) is 34.1 Å². The number of amides is 5. The van der Waals surface area contributed by atoms with Crippen molar-refractivity contribution in [2.75, 3.05) is 13.1 Å². The van der Waals surface area contributed by atoms with Crippen molar-refractivity contribution in [1.29, 1.82) is 0 Å². The molecule has 2 aliphatic rings. The SMILES string of the molecule is CCCC(NC(=O)CN(CC1CC1)C(=O)[C@@H](NC(=O)NC(C)(C)C)C(C)(C)C)C(=O)C(=O)NC1CC1. The number of rotatable bonds is 12. The summed E-state index contributed by atoms with van der Waals surface area (Å²) >= 11 is 0. The van der Waals surface area contributed by atoms with Crippen molar-refractivity contribution >= 4 is 29.5 Å². The summed E-state index contributed by atoms with van der Waals surface area (Å²) in [5, 5.41) is 11.0. The van der Waals surface area contributed by atoms with Gasteiger partial charge in [0.1, 0.15) is 6.04 Å². The second-order valence-corrected chi connectivity index (χ2v) is 12.3. The topological polar surface area (TPSA) is 137 Å². The standard InChI is InChI=1S/C26H45N5O5/c1-8-9-18(20(33)22(34)27-17-12-13-17)28-19(32)15-31(14-16-10-11-16)23(35)21(25(2,3)4)29-24(36)30-26(5,6)7/h16-18,21H,8-15H2,1-7H3,(H,27,34)(H,28,32)(H2,29,30,36)/t18?,21-/m1/s1. The van der Waals surface area contributed by atoms with Crippen molar-refractivity contribution in [2.24, 2.45) is 11.3 Å². The Morgan fingerprint density at radius 3 is 2.00 bits per heavy atom. The van der Waals surface area contributed by atoms with E-state index in [-0.39, 0.29) is 18.5 Å². The van der Waals surface area contributed by atoms with Gasteiger partial charge < -0.3 is 26.2 Å². The molecule has 10 nitrogen and oxygen atoms in total. The fraction of sp³-hybridized carbons (Fsp3) is 0.808. The van der Waals surface area contributed by atoms with Gasteiger partial charge in [0.15, 0.2) is 0 Å². The minimum Gasteiger partial charge on any atom is -0.347 e. The molecule has 2 fully saturated rings. The molecule has 10 heteroatoms. The molecule has 2 aliphatic carbocycles. The van der Waals surface area contributed by atoms with Gasteiger partial charge in [0, 0.05) is 18.1 Å². The summed E-state index contributed by atoms with van der Waals surface area (Å²) in [5.41, 5.74) is -1.08. The van der Waals surface area contributed by atoms with E-state index in [9.17, 15) is 24.0 Å². The third-order valence-electron chi connectivity index (χ3n) is 6.06. The Balaban J connectivity index is 2.11. The van der Waals surface area contributed by atoms with Crippen LogP contribution in [0.5, 0.6) is 0 Å². The fourth-order valence-corrected chi connectivity index (χ4v) is 3.80. The summed E-state index contributed by atoms with van der Waals surface area (Å²) in [6.07, 6.45) is 4.61. The molecule has 0 bridgehead atoms. The van der Waals surface area contributed by atoms with E-state index in [0.29, 0.717) is 25.3 Å². The Kier molecular flexibility index (Phi) is 9.91. The van der Waals surface area contributed by atoms with Crippen LogP contribution < -0.4 is 21.3 Å². The van der Waals surface area contributed by atoms with Crippen molar-refractivity contribution in [3.63, 3.8) is 0 Å². The van der Waals surface area contributed by atoms with Crippen molar-refractivity contribution in [1.82, 2.24) is 26.2 Å². The molecular formula is C26H45N5O5. The Labute approximate surface area is 215 Å². The summed E-state index contributed by atoms with van der Waals surface area (Å²) in [7, 11) is 0. The Morgan fingerprint density at radius 2 is 1.53 bits per heavy atom. The van der Waals surface area contributed by atoms with Crippen LogP contribution in [0.15, 0.2) is 0 Å². The highest BCUT2D eigenvalue weighted by Gasteiger charge is 2.39. The van der Waals surface area contributed by atoms with Crippen LogP contribution in [-0.4, -0.2) is 71.2 Å². The summed E-state index contributed by atoms with van der Waals surface area (Å²) < 4.78 is 0. The number of nitrogens with one attached hydrogen (secondary N) is 4. The summed E-state index contributed by atoms with van der Waals surface area (Å²) in [6.45, 7) is 13.1. The molecule has 2 atom stereocenters. The van der Waals surface area contributed by atoms with Gasteiger partial charge in [-0.3, -0.25) is 19.2 Å². The highest BCUT2D eigenvalue weighted by atomic mass is 16.2. The molecule has 0 spiro atoms. The first-order valence-corrected chi connectivity index (χ1v) is 13.1. The van der Waals surface area contributed by atoms with Crippen molar-refractivity contribution in [3.05, 3.63) is 0 Å². The highest BCUT2D eigenvalue weighted by Crippen LogP contribution is 2.31. The van der Waals surface area contributed by atoms with Crippen molar-refractivity contribution in [2.45, 2.75) is 111 Å². The number of hydrogen-bond donors (Lipinski definition) is 4. The molecule has 4 N–H and O–H groups in total. The van der Waals surface area contributed by atoms with Crippen LogP contribution in [0, 0.1) is 11.3 Å². The molecule has 2 saturated carbocycles. The van der Waals surface area contributed by atoms with E-state index in [2.05, 4.69) is 21.3 Å². The molecule has 0 aromatic rings. The Hall–Kier alpha value is -2.65. The molecule has 0 saturated heterocycles. The van der Waals surface area contributed by atoms with Crippen LogP contribution in [0.3, 0.4) is 0 Å². The number of carbonyl (C=O) groups is 5. The molecule has 1 unspecified atom stereocenters. The maximum Gasteiger partial charge on any atom is 0.315 e. The quantitative estimate of drug-likeness (QED) is 0.299. The smallest absolute Gasteiger partial charge is 0.315 e. The third-order valence-corrected chi connectivity index (χ3v) is 6.06. The lowest BCUT2D eigenvalue weighted by atomic mass is 9.85. The van der Waals surface area contributed by atoms with Crippen LogP contribution >= 0.6 is 0 Å². The second kappa shape index (κ2) is 12.1. The van der Waals surface area contributed by atoms with Crippen molar-refractivity contribution < 1.29 is 24.0 Å². The molecule has 5 amide bonds. The maximum atomic E-state index is 13.6. The average molecular weight is 508 g/mol. The largest absolute Gasteiger partial charge is 0.347 e. The fourth-order valence-electron chi connectivity index (χ4n) is 3.80. The van der Waals surface area contributed by atoms with Crippen molar-refractivity contribution in [3.8, 4) is 0 Å². The normalized spacial score (nSPS) is 17.4. The van der Waals surface area contributed by atoms with Crippen LogP contribution in [0.4, 0.5) is 4.79 Å². The number of hydrogen-bond acceptors (Lipinski definition) is 5. The first-order chi connectivity index (χ1) is 16.6. The van der Waals surface area contributed by atoms with Gasteiger partial charge in [-0.2, -0.15) is 0 Å². The van der Waals surface area contributed by atoms with E-state index >= 15 is 0 Å². The first kappa shape index (κ1) is 29.6. The lowest BCUT2D eigenvalue weighted by molar-refractivity contribution is -0.142. The van der Waals surface area contributed by atoms with Gasteiger partial charge in [0.2, 0.25) is 17.6 Å².